The van der Waals surface area contributed by atoms with E-state index < -0.39 is 6.10 Å². The number of esters is 2. The smallest absolute Gasteiger partial charge is 0.307 e. The molecular weight excluding hydrogens is 292 g/mol. The van der Waals surface area contributed by atoms with Gasteiger partial charge in [-0.25, -0.2) is 0 Å². The largest absolute Gasteiger partial charge is 0.469 e. The molecule has 0 fully saturated rings. The van der Waals surface area contributed by atoms with Crippen molar-refractivity contribution in [1.82, 2.24) is 0 Å². The zero-order chi connectivity index (χ0) is 17.3. The third-order valence-electron chi connectivity index (χ3n) is 3.48. The first kappa shape index (κ1) is 21.5. The van der Waals surface area contributed by atoms with Gasteiger partial charge in [-0.2, -0.15) is 0 Å². The Bertz CT molecular complexity index is 379. The van der Waals surface area contributed by atoms with E-state index in [9.17, 15) is 9.59 Å². The highest BCUT2D eigenvalue weighted by Crippen LogP contribution is 2.08. The molecule has 0 spiro atoms. The molecule has 0 aliphatic rings. The van der Waals surface area contributed by atoms with Gasteiger partial charge >= 0.3 is 11.9 Å². The van der Waals surface area contributed by atoms with Crippen molar-refractivity contribution in [3.63, 3.8) is 0 Å². The quantitative estimate of drug-likeness (QED) is 0.303. The molecule has 0 aliphatic carbocycles. The van der Waals surface area contributed by atoms with E-state index in [-0.39, 0.29) is 18.4 Å². The molecule has 23 heavy (non-hydrogen) atoms. The monoisotopic (exact) mass is 324 g/mol. The fourth-order valence-electron chi connectivity index (χ4n) is 2.11. The highest BCUT2D eigenvalue weighted by molar-refractivity contribution is 5.70. The van der Waals surface area contributed by atoms with Gasteiger partial charge in [0.05, 0.1) is 7.11 Å². The van der Waals surface area contributed by atoms with Crippen LogP contribution in [0.4, 0.5) is 0 Å². The van der Waals surface area contributed by atoms with Gasteiger partial charge in [0.1, 0.15) is 0 Å². The summed E-state index contributed by atoms with van der Waals surface area (Å²) in [5.41, 5.74) is 0. The number of carbonyl (C=O) groups excluding carboxylic acids is 2. The molecule has 4 heteroatoms. The Morgan fingerprint density at radius 1 is 0.913 bits per heavy atom. The number of hydrogen-bond donors (Lipinski definition) is 0. The molecule has 0 bridgehead atoms. The maximum absolute atomic E-state index is 11.6. The summed E-state index contributed by atoms with van der Waals surface area (Å²) in [6.45, 7) is 4.13. The normalized spacial score (nSPS) is 11.3. The van der Waals surface area contributed by atoms with Gasteiger partial charge in [0.25, 0.3) is 0 Å². The van der Waals surface area contributed by atoms with E-state index in [1.54, 1.807) is 0 Å². The number of carbonyl (C=O) groups is 2. The summed E-state index contributed by atoms with van der Waals surface area (Å²) in [6, 6.07) is 0. The molecule has 1 unspecified atom stereocenters. The molecule has 0 aliphatic heterocycles. The lowest BCUT2D eigenvalue weighted by Crippen LogP contribution is -2.18. The van der Waals surface area contributed by atoms with Crippen molar-refractivity contribution in [2.45, 2.75) is 90.6 Å². The Morgan fingerprint density at radius 2 is 1.61 bits per heavy atom. The van der Waals surface area contributed by atoms with E-state index in [4.69, 9.17) is 4.74 Å². The summed E-state index contributed by atoms with van der Waals surface area (Å²) >= 11 is 0. The van der Waals surface area contributed by atoms with Crippen molar-refractivity contribution in [1.29, 1.82) is 0 Å². The minimum atomic E-state index is -0.506. The molecule has 132 valence electrons. The van der Waals surface area contributed by atoms with Crippen molar-refractivity contribution in [3.05, 3.63) is 0 Å². The standard InChI is InChI=1S/C19H32O4/c1-4-6-7-8-9-10-11-12-14-17(15-16-18(20)22-3)23-19(21)13-5-2/h17H,4-11,13,15-16H2,1-3H3. The summed E-state index contributed by atoms with van der Waals surface area (Å²) in [4.78, 5) is 22.8. The second-order valence-electron chi connectivity index (χ2n) is 5.68. The Labute approximate surface area is 141 Å². The maximum atomic E-state index is 11.6. The van der Waals surface area contributed by atoms with Crippen LogP contribution in [0.15, 0.2) is 0 Å². The number of hydrogen-bond acceptors (Lipinski definition) is 4. The molecule has 0 saturated heterocycles. The minimum Gasteiger partial charge on any atom is -0.469 e. The lowest BCUT2D eigenvalue weighted by Gasteiger charge is -2.11. The lowest BCUT2D eigenvalue weighted by molar-refractivity contribution is -0.149. The van der Waals surface area contributed by atoms with Crippen LogP contribution in [0.3, 0.4) is 0 Å². The van der Waals surface area contributed by atoms with E-state index >= 15 is 0 Å². The second-order valence-corrected chi connectivity index (χ2v) is 5.68. The first-order valence-corrected chi connectivity index (χ1v) is 8.88. The summed E-state index contributed by atoms with van der Waals surface area (Å²) in [5, 5.41) is 0. The molecule has 0 saturated carbocycles. The van der Waals surface area contributed by atoms with Gasteiger partial charge in [0.15, 0.2) is 6.10 Å². The molecule has 1 atom stereocenters. The average Bonchev–Trinajstić information content (AvgIpc) is 2.54. The fourth-order valence-corrected chi connectivity index (χ4v) is 2.11. The van der Waals surface area contributed by atoms with Gasteiger partial charge in [0, 0.05) is 25.7 Å². The Balaban J connectivity index is 4.15. The number of ether oxygens (including phenoxy) is 2. The molecule has 0 aromatic carbocycles. The average molecular weight is 324 g/mol. The van der Waals surface area contributed by atoms with Gasteiger partial charge in [-0.1, -0.05) is 57.8 Å². The lowest BCUT2D eigenvalue weighted by atomic mass is 10.1. The maximum Gasteiger partial charge on any atom is 0.307 e. The van der Waals surface area contributed by atoms with Crippen LogP contribution < -0.4 is 0 Å². The van der Waals surface area contributed by atoms with Gasteiger partial charge in [0.2, 0.25) is 0 Å². The Morgan fingerprint density at radius 3 is 2.26 bits per heavy atom. The van der Waals surface area contributed by atoms with Gasteiger partial charge < -0.3 is 9.47 Å². The predicted molar refractivity (Wildman–Crippen MR) is 91.8 cm³/mol. The van der Waals surface area contributed by atoms with Crippen LogP contribution in [0.1, 0.15) is 84.5 Å². The second kappa shape index (κ2) is 15.4. The van der Waals surface area contributed by atoms with Crippen LogP contribution in [0.25, 0.3) is 0 Å². The van der Waals surface area contributed by atoms with Crippen LogP contribution in [-0.4, -0.2) is 25.2 Å². The van der Waals surface area contributed by atoms with E-state index in [0.717, 1.165) is 19.3 Å². The molecule has 0 aromatic rings. The Kier molecular flexibility index (Phi) is 14.4. The van der Waals surface area contributed by atoms with Crippen LogP contribution >= 0.6 is 0 Å². The van der Waals surface area contributed by atoms with Gasteiger partial charge in [-0.3, -0.25) is 9.59 Å². The molecular formula is C19H32O4. The van der Waals surface area contributed by atoms with Crippen LogP contribution in [-0.2, 0) is 19.1 Å². The first-order valence-electron chi connectivity index (χ1n) is 8.88. The zero-order valence-corrected chi connectivity index (χ0v) is 15.0. The third kappa shape index (κ3) is 13.9. The molecule has 0 radical (unpaired) electrons. The highest BCUT2D eigenvalue weighted by Gasteiger charge is 2.13. The van der Waals surface area contributed by atoms with Crippen molar-refractivity contribution < 1.29 is 19.1 Å². The third-order valence-corrected chi connectivity index (χ3v) is 3.48. The van der Waals surface area contributed by atoms with Crippen molar-refractivity contribution in [3.8, 4) is 11.8 Å². The van der Waals surface area contributed by atoms with E-state index in [1.807, 2.05) is 6.92 Å². The predicted octanol–water partition coefficient (Wildman–Crippen LogP) is 4.41. The summed E-state index contributed by atoms with van der Waals surface area (Å²) in [6.07, 6.45) is 9.41. The molecule has 0 rings (SSSR count). The zero-order valence-electron chi connectivity index (χ0n) is 15.0. The van der Waals surface area contributed by atoms with Gasteiger partial charge in [-0.15, -0.1) is 0 Å². The van der Waals surface area contributed by atoms with Crippen LogP contribution in [0.5, 0.6) is 0 Å². The molecule has 0 aromatic heterocycles. The van der Waals surface area contributed by atoms with E-state index in [0.29, 0.717) is 12.8 Å². The fraction of sp³-hybridized carbons (Fsp3) is 0.789. The minimum absolute atomic E-state index is 0.215. The SMILES string of the molecule is CCCCCCCCC#CC(CCC(=O)OC)OC(=O)CCC. The Hall–Kier alpha value is -1.50. The number of rotatable bonds is 12. The summed E-state index contributed by atoms with van der Waals surface area (Å²) < 4.78 is 9.94. The van der Waals surface area contributed by atoms with Crippen LogP contribution in [0.2, 0.25) is 0 Å². The van der Waals surface area contributed by atoms with E-state index in [1.165, 1.54) is 39.2 Å². The number of unbranched alkanes of at least 4 members (excludes halogenated alkanes) is 6. The summed E-state index contributed by atoms with van der Waals surface area (Å²) in [5.74, 6) is 5.52. The van der Waals surface area contributed by atoms with Crippen LogP contribution in [0, 0.1) is 11.8 Å². The van der Waals surface area contributed by atoms with Crippen molar-refractivity contribution in [2.75, 3.05) is 7.11 Å². The first-order chi connectivity index (χ1) is 11.1. The summed E-state index contributed by atoms with van der Waals surface area (Å²) in [7, 11) is 1.35. The molecule has 4 nitrogen and oxygen atoms in total. The van der Waals surface area contributed by atoms with Crippen molar-refractivity contribution >= 4 is 11.9 Å². The van der Waals surface area contributed by atoms with E-state index in [2.05, 4.69) is 23.5 Å². The number of methoxy groups -OCH3 is 1. The van der Waals surface area contributed by atoms with Crippen molar-refractivity contribution in [2.24, 2.45) is 0 Å². The molecule has 0 amide bonds. The van der Waals surface area contributed by atoms with Gasteiger partial charge in [-0.05, 0) is 12.8 Å². The highest BCUT2D eigenvalue weighted by atomic mass is 16.5. The molecule has 0 N–H and O–H groups in total. The topological polar surface area (TPSA) is 52.6 Å². The molecule has 0 heterocycles.